The zero-order chi connectivity index (χ0) is 24.5. The Balaban J connectivity index is 1.82. The van der Waals surface area contributed by atoms with E-state index in [9.17, 15) is 27.5 Å². The Morgan fingerprint density at radius 1 is 1.03 bits per heavy atom. The van der Waals surface area contributed by atoms with E-state index in [1.54, 1.807) is 29.7 Å². The van der Waals surface area contributed by atoms with Gasteiger partial charge in [-0.15, -0.1) is 0 Å². The summed E-state index contributed by atoms with van der Waals surface area (Å²) in [6.07, 6.45) is -4.59. The Bertz CT molecular complexity index is 1350. The van der Waals surface area contributed by atoms with Crippen LogP contribution in [0.5, 0.6) is 5.75 Å². The molecule has 0 spiro atoms. The van der Waals surface area contributed by atoms with Crippen molar-refractivity contribution in [2.75, 3.05) is 0 Å². The van der Waals surface area contributed by atoms with Crippen LogP contribution in [0, 0.1) is 12.7 Å². The molecule has 0 saturated heterocycles. The van der Waals surface area contributed by atoms with Crippen LogP contribution in [0.3, 0.4) is 0 Å². The molecule has 0 saturated carbocycles. The zero-order valence-electron chi connectivity index (χ0n) is 17.8. The SMILES string of the molecule is Cc1ccc(-c2cc(C(F)(F)F)ccc2OCc2ccc(F)cc2)n1-c1cccc(C(=O)O)n1. The van der Waals surface area contributed by atoms with Crippen molar-refractivity contribution in [3.63, 3.8) is 0 Å². The minimum absolute atomic E-state index is 0.00504. The first-order valence-corrected chi connectivity index (χ1v) is 10.1. The number of hydrogen-bond donors (Lipinski definition) is 1. The molecule has 0 atom stereocenters. The highest BCUT2D eigenvalue weighted by molar-refractivity contribution is 5.85. The van der Waals surface area contributed by atoms with Gasteiger partial charge in [-0.3, -0.25) is 4.57 Å². The average Bonchev–Trinajstić information content (AvgIpc) is 3.19. The first-order valence-electron chi connectivity index (χ1n) is 10.1. The maximum absolute atomic E-state index is 13.5. The van der Waals surface area contributed by atoms with Crippen molar-refractivity contribution in [2.24, 2.45) is 0 Å². The van der Waals surface area contributed by atoms with Crippen LogP contribution in [0.1, 0.15) is 27.3 Å². The minimum Gasteiger partial charge on any atom is -0.488 e. The number of nitrogens with zero attached hydrogens (tertiary/aromatic N) is 2. The van der Waals surface area contributed by atoms with Crippen LogP contribution in [0.2, 0.25) is 0 Å². The number of carboxylic acid groups (broad SMARTS) is 1. The van der Waals surface area contributed by atoms with Crippen molar-refractivity contribution in [2.45, 2.75) is 19.7 Å². The van der Waals surface area contributed by atoms with E-state index in [2.05, 4.69) is 4.98 Å². The summed E-state index contributed by atoms with van der Waals surface area (Å²) in [5.41, 5.74) is 0.685. The molecule has 0 radical (unpaired) electrons. The smallest absolute Gasteiger partial charge is 0.416 e. The Hall–Kier alpha value is -4.14. The molecule has 4 aromatic rings. The average molecular weight is 470 g/mol. The number of carbonyl (C=O) groups is 1. The lowest BCUT2D eigenvalue weighted by atomic mass is 10.1. The lowest BCUT2D eigenvalue weighted by Gasteiger charge is -2.17. The van der Waals surface area contributed by atoms with E-state index in [0.29, 0.717) is 17.0 Å². The van der Waals surface area contributed by atoms with E-state index in [1.165, 1.54) is 42.5 Å². The molecular weight excluding hydrogens is 452 g/mol. The molecule has 0 unspecified atom stereocenters. The summed E-state index contributed by atoms with van der Waals surface area (Å²) in [6.45, 7) is 1.73. The molecule has 2 aromatic carbocycles. The number of rotatable bonds is 6. The number of aromatic nitrogens is 2. The second kappa shape index (κ2) is 9.01. The Labute approximate surface area is 191 Å². The number of aromatic carboxylic acids is 1. The second-order valence-corrected chi connectivity index (χ2v) is 7.51. The van der Waals surface area contributed by atoms with Gasteiger partial charge in [0.1, 0.15) is 24.0 Å². The number of alkyl halides is 3. The maximum atomic E-state index is 13.5. The third-order valence-electron chi connectivity index (χ3n) is 5.15. The Morgan fingerprint density at radius 2 is 1.76 bits per heavy atom. The lowest BCUT2D eigenvalue weighted by Crippen LogP contribution is -2.09. The van der Waals surface area contributed by atoms with E-state index in [0.717, 1.165) is 12.1 Å². The summed E-state index contributed by atoms with van der Waals surface area (Å²) in [4.78, 5) is 15.5. The van der Waals surface area contributed by atoms with E-state index in [4.69, 9.17) is 4.74 Å². The van der Waals surface area contributed by atoms with Gasteiger partial charge < -0.3 is 9.84 Å². The number of pyridine rings is 1. The molecule has 0 aliphatic heterocycles. The van der Waals surface area contributed by atoms with Gasteiger partial charge in [0.25, 0.3) is 0 Å². The van der Waals surface area contributed by atoms with Gasteiger partial charge in [0.2, 0.25) is 0 Å². The maximum Gasteiger partial charge on any atom is 0.416 e. The zero-order valence-corrected chi connectivity index (χ0v) is 17.8. The normalized spacial score (nSPS) is 11.4. The quantitative estimate of drug-likeness (QED) is 0.337. The van der Waals surface area contributed by atoms with Crippen LogP contribution in [0.25, 0.3) is 17.1 Å². The highest BCUT2D eigenvalue weighted by atomic mass is 19.4. The number of benzene rings is 2. The van der Waals surface area contributed by atoms with Crippen molar-refractivity contribution in [1.82, 2.24) is 9.55 Å². The van der Waals surface area contributed by atoms with Crippen molar-refractivity contribution in [1.29, 1.82) is 0 Å². The molecule has 0 aliphatic rings. The highest BCUT2D eigenvalue weighted by Crippen LogP contribution is 2.39. The van der Waals surface area contributed by atoms with Gasteiger partial charge in [0.05, 0.1) is 11.3 Å². The topological polar surface area (TPSA) is 64.3 Å². The van der Waals surface area contributed by atoms with Crippen molar-refractivity contribution in [3.05, 3.63) is 101 Å². The Morgan fingerprint density at radius 3 is 2.44 bits per heavy atom. The fraction of sp³-hybridized carbons (Fsp3) is 0.120. The second-order valence-electron chi connectivity index (χ2n) is 7.51. The van der Waals surface area contributed by atoms with Crippen LogP contribution >= 0.6 is 0 Å². The standard InChI is InChI=1S/C25H18F4N2O3/c1-15-5-11-21(31(15)23-4-2-3-20(30-23)24(32)33)19-13-17(25(27,28)29)8-12-22(19)34-14-16-6-9-18(26)10-7-16/h2-13H,14H2,1H3,(H,32,33). The molecule has 1 N–H and O–H groups in total. The van der Waals surface area contributed by atoms with Crippen LogP contribution in [0.15, 0.2) is 72.8 Å². The fourth-order valence-electron chi connectivity index (χ4n) is 3.49. The molecule has 9 heteroatoms. The molecule has 0 bridgehead atoms. The first-order chi connectivity index (χ1) is 16.1. The largest absolute Gasteiger partial charge is 0.488 e. The van der Waals surface area contributed by atoms with Gasteiger partial charge in [0.15, 0.2) is 5.69 Å². The van der Waals surface area contributed by atoms with E-state index in [1.807, 2.05) is 0 Å². The number of halogens is 4. The number of hydrogen-bond acceptors (Lipinski definition) is 3. The van der Waals surface area contributed by atoms with Crippen LogP contribution in [-0.2, 0) is 12.8 Å². The van der Waals surface area contributed by atoms with Gasteiger partial charge in [-0.2, -0.15) is 13.2 Å². The summed E-state index contributed by atoms with van der Waals surface area (Å²) in [7, 11) is 0. The van der Waals surface area contributed by atoms with Crippen molar-refractivity contribution < 1.29 is 32.2 Å². The molecular formula is C25H18F4N2O3. The first kappa shape index (κ1) is 23.0. The third-order valence-corrected chi connectivity index (χ3v) is 5.15. The molecule has 34 heavy (non-hydrogen) atoms. The Kier molecular flexibility index (Phi) is 6.10. The fourth-order valence-corrected chi connectivity index (χ4v) is 3.49. The van der Waals surface area contributed by atoms with Gasteiger partial charge in [-0.05, 0) is 67.1 Å². The van der Waals surface area contributed by atoms with Crippen LogP contribution in [0.4, 0.5) is 17.6 Å². The van der Waals surface area contributed by atoms with E-state index < -0.39 is 23.5 Å². The van der Waals surface area contributed by atoms with Crippen LogP contribution < -0.4 is 4.74 Å². The van der Waals surface area contributed by atoms with Gasteiger partial charge in [-0.25, -0.2) is 14.2 Å². The number of carboxylic acids is 1. The minimum atomic E-state index is -4.59. The predicted octanol–water partition coefficient (Wildman–Crippen LogP) is 6.28. The third kappa shape index (κ3) is 4.78. The van der Waals surface area contributed by atoms with E-state index >= 15 is 0 Å². The molecule has 4 rings (SSSR count). The summed E-state index contributed by atoms with van der Waals surface area (Å²) >= 11 is 0. The van der Waals surface area contributed by atoms with Gasteiger partial charge in [-0.1, -0.05) is 18.2 Å². The number of ether oxygens (including phenoxy) is 1. The molecule has 174 valence electrons. The lowest BCUT2D eigenvalue weighted by molar-refractivity contribution is -0.137. The summed E-state index contributed by atoms with van der Waals surface area (Å²) in [5, 5.41) is 9.29. The molecule has 0 aliphatic carbocycles. The molecule has 0 fully saturated rings. The molecule has 0 amide bonds. The monoisotopic (exact) mass is 470 g/mol. The molecule has 2 heterocycles. The number of aryl methyl sites for hydroxylation is 1. The van der Waals surface area contributed by atoms with Crippen molar-refractivity contribution >= 4 is 5.97 Å². The highest BCUT2D eigenvalue weighted by Gasteiger charge is 2.32. The summed E-state index contributed by atoms with van der Waals surface area (Å²) in [5.74, 6) is -1.23. The summed E-state index contributed by atoms with van der Waals surface area (Å²) in [6, 6.07) is 16.4. The van der Waals surface area contributed by atoms with Crippen molar-refractivity contribution in [3.8, 4) is 22.8 Å². The molecule has 5 nitrogen and oxygen atoms in total. The summed E-state index contributed by atoms with van der Waals surface area (Å²) < 4.78 is 61.1. The van der Waals surface area contributed by atoms with Crippen LogP contribution in [-0.4, -0.2) is 20.6 Å². The van der Waals surface area contributed by atoms with E-state index in [-0.39, 0.29) is 29.4 Å². The van der Waals surface area contributed by atoms with Gasteiger partial charge in [0, 0.05) is 11.3 Å². The molecule has 2 aromatic heterocycles. The van der Waals surface area contributed by atoms with Gasteiger partial charge >= 0.3 is 12.1 Å². The predicted molar refractivity (Wildman–Crippen MR) is 116 cm³/mol.